The zero-order valence-electron chi connectivity index (χ0n) is 19.1. The topological polar surface area (TPSA) is 99.1 Å². The molecule has 0 heterocycles. The van der Waals surface area contributed by atoms with E-state index in [0.29, 0.717) is 33.5 Å². The van der Waals surface area contributed by atoms with Gasteiger partial charge in [-0.05, 0) is 60.1 Å². The average molecular weight is 610 g/mol. The number of aliphatic hydroxyl groups excluding tert-OH is 2. The first-order chi connectivity index (χ1) is 16.6. The van der Waals surface area contributed by atoms with Crippen molar-refractivity contribution in [3.63, 3.8) is 0 Å². The lowest BCUT2D eigenvalue weighted by Gasteiger charge is -2.40. The van der Waals surface area contributed by atoms with E-state index in [-0.39, 0.29) is 31.6 Å². The van der Waals surface area contributed by atoms with Gasteiger partial charge in [-0.2, -0.15) is 13.2 Å². The monoisotopic (exact) mass is 610 g/mol. The zero-order valence-corrected chi connectivity index (χ0v) is 21.3. The summed E-state index contributed by atoms with van der Waals surface area (Å²) in [5, 5.41) is 22.5. The molecule has 0 spiro atoms. The van der Waals surface area contributed by atoms with Crippen LogP contribution in [0.3, 0.4) is 0 Å². The van der Waals surface area contributed by atoms with Crippen molar-refractivity contribution in [2.24, 2.45) is 0 Å². The van der Waals surface area contributed by atoms with Gasteiger partial charge in [-0.3, -0.25) is 9.59 Å². The van der Waals surface area contributed by atoms with E-state index in [9.17, 15) is 27.9 Å². The number of hydrogen-bond acceptors (Lipinski definition) is 5. The SMILES string of the molecule is C=CCCCCC(=O)N(CC(F)(F)F)C1CC(C(=O)NCCO)=CC(Oc2ccccc2I)C1O. The number of nitrogens with zero attached hydrogens (tertiary/aromatic N) is 1. The van der Waals surface area contributed by atoms with Crippen molar-refractivity contribution < 1.29 is 37.7 Å². The van der Waals surface area contributed by atoms with Gasteiger partial charge in [-0.25, -0.2) is 0 Å². The molecule has 194 valence electrons. The van der Waals surface area contributed by atoms with E-state index in [1.807, 2.05) is 22.6 Å². The van der Waals surface area contributed by atoms with Gasteiger partial charge in [0.1, 0.15) is 24.5 Å². The van der Waals surface area contributed by atoms with E-state index in [1.54, 1.807) is 30.3 Å². The van der Waals surface area contributed by atoms with Crippen LogP contribution in [0.5, 0.6) is 5.75 Å². The van der Waals surface area contributed by atoms with Gasteiger partial charge in [0.2, 0.25) is 11.8 Å². The van der Waals surface area contributed by atoms with E-state index >= 15 is 0 Å². The van der Waals surface area contributed by atoms with Gasteiger partial charge in [0.25, 0.3) is 0 Å². The molecule has 1 aromatic carbocycles. The number of carbonyl (C=O) groups excluding carboxylic acids is 2. The van der Waals surface area contributed by atoms with Gasteiger partial charge in [-0.15, -0.1) is 6.58 Å². The largest absolute Gasteiger partial charge is 0.482 e. The summed E-state index contributed by atoms with van der Waals surface area (Å²) in [5.74, 6) is -1.000. The highest BCUT2D eigenvalue weighted by atomic mass is 127. The van der Waals surface area contributed by atoms with E-state index in [1.165, 1.54) is 6.08 Å². The minimum atomic E-state index is -4.71. The predicted molar refractivity (Wildman–Crippen MR) is 133 cm³/mol. The summed E-state index contributed by atoms with van der Waals surface area (Å²) in [5.41, 5.74) is 0.0660. The fraction of sp³-hybridized carbons (Fsp3) is 0.500. The first-order valence-corrected chi connectivity index (χ1v) is 12.3. The quantitative estimate of drug-likeness (QED) is 0.192. The van der Waals surface area contributed by atoms with Crippen LogP contribution < -0.4 is 10.1 Å². The van der Waals surface area contributed by atoms with Crippen molar-refractivity contribution in [2.45, 2.75) is 56.5 Å². The molecule has 2 rings (SSSR count). The molecule has 35 heavy (non-hydrogen) atoms. The summed E-state index contributed by atoms with van der Waals surface area (Å²) in [4.78, 5) is 26.1. The first-order valence-electron chi connectivity index (χ1n) is 11.2. The lowest BCUT2D eigenvalue weighted by Crippen LogP contribution is -2.57. The standard InChI is InChI=1S/C24H30F3IN2O5/c1-2-3-4-5-10-21(32)30(15-24(25,26)27)18-13-16(23(34)29-11-12-31)14-20(22(18)33)35-19-9-7-6-8-17(19)28/h2,6-9,14,18,20,22,31,33H,1,3-5,10-13,15H2,(H,29,34). The smallest absolute Gasteiger partial charge is 0.406 e. The molecule has 0 radical (unpaired) electrons. The number of rotatable bonds is 12. The summed E-state index contributed by atoms with van der Waals surface area (Å²) in [6.07, 6.45) is -3.22. The molecule has 7 nitrogen and oxygen atoms in total. The van der Waals surface area contributed by atoms with Gasteiger partial charge in [0.05, 0.1) is 16.2 Å². The van der Waals surface area contributed by atoms with Crippen LogP contribution in [0, 0.1) is 3.57 Å². The van der Waals surface area contributed by atoms with Crippen molar-refractivity contribution in [3.05, 3.63) is 52.1 Å². The molecule has 0 aromatic heterocycles. The molecule has 3 unspecified atom stereocenters. The number of alkyl halides is 3. The Hall–Kier alpha value is -2.12. The molecule has 0 fully saturated rings. The van der Waals surface area contributed by atoms with Crippen molar-refractivity contribution >= 4 is 34.4 Å². The number of nitrogens with one attached hydrogen (secondary N) is 1. The molecule has 3 N–H and O–H groups in total. The van der Waals surface area contributed by atoms with Crippen LogP contribution >= 0.6 is 22.6 Å². The Kier molecular flexibility index (Phi) is 11.5. The van der Waals surface area contributed by atoms with Crippen LogP contribution in [0.4, 0.5) is 13.2 Å². The minimum absolute atomic E-state index is 0.0556. The van der Waals surface area contributed by atoms with E-state index in [0.717, 1.165) is 0 Å². The molecule has 1 aliphatic carbocycles. The van der Waals surface area contributed by atoms with Crippen LogP contribution in [0.1, 0.15) is 32.1 Å². The second-order valence-electron chi connectivity index (χ2n) is 8.12. The molecule has 0 bridgehead atoms. The van der Waals surface area contributed by atoms with E-state index < -0.39 is 42.8 Å². The molecule has 2 amide bonds. The minimum Gasteiger partial charge on any atom is -0.482 e. The number of halogens is 4. The predicted octanol–water partition coefficient (Wildman–Crippen LogP) is 3.34. The summed E-state index contributed by atoms with van der Waals surface area (Å²) in [6, 6.07) is 5.52. The highest BCUT2D eigenvalue weighted by molar-refractivity contribution is 14.1. The van der Waals surface area contributed by atoms with Gasteiger partial charge in [0, 0.05) is 25.0 Å². The molecular weight excluding hydrogens is 580 g/mol. The van der Waals surface area contributed by atoms with Crippen molar-refractivity contribution in [1.82, 2.24) is 10.2 Å². The fourth-order valence-electron chi connectivity index (χ4n) is 3.76. The first kappa shape index (κ1) is 29.1. The van der Waals surface area contributed by atoms with Crippen LogP contribution in [0.15, 0.2) is 48.6 Å². The third-order valence-electron chi connectivity index (χ3n) is 5.43. The zero-order chi connectivity index (χ0) is 26.0. The molecule has 0 saturated carbocycles. The number of amides is 2. The molecule has 0 saturated heterocycles. The fourth-order valence-corrected chi connectivity index (χ4v) is 4.27. The number of unbranched alkanes of at least 4 members (excludes halogenated alkanes) is 2. The lowest BCUT2D eigenvalue weighted by atomic mass is 9.88. The van der Waals surface area contributed by atoms with Crippen LogP contribution in [-0.2, 0) is 9.59 Å². The molecule has 1 aliphatic rings. The Morgan fingerprint density at radius 2 is 2.00 bits per heavy atom. The van der Waals surface area contributed by atoms with Crippen molar-refractivity contribution in [1.29, 1.82) is 0 Å². The molecular formula is C24H30F3IN2O5. The normalized spacial score (nSPS) is 20.1. The molecule has 0 aliphatic heterocycles. The molecule has 1 aromatic rings. The van der Waals surface area contributed by atoms with Crippen LogP contribution in [0.25, 0.3) is 0 Å². The number of para-hydroxylation sites is 1. The lowest BCUT2D eigenvalue weighted by molar-refractivity contribution is -0.172. The number of allylic oxidation sites excluding steroid dienone is 1. The number of benzene rings is 1. The highest BCUT2D eigenvalue weighted by Gasteiger charge is 2.44. The van der Waals surface area contributed by atoms with E-state index in [4.69, 9.17) is 9.84 Å². The van der Waals surface area contributed by atoms with E-state index in [2.05, 4.69) is 11.9 Å². The Morgan fingerprint density at radius 1 is 1.29 bits per heavy atom. The van der Waals surface area contributed by atoms with Gasteiger partial charge >= 0.3 is 6.18 Å². The maximum Gasteiger partial charge on any atom is 0.406 e. The Bertz CT molecular complexity index is 909. The summed E-state index contributed by atoms with van der Waals surface area (Å²) >= 11 is 2.01. The Labute approximate surface area is 216 Å². The highest BCUT2D eigenvalue weighted by Crippen LogP contribution is 2.31. The van der Waals surface area contributed by atoms with Gasteiger partial charge in [0.15, 0.2) is 0 Å². The average Bonchev–Trinajstić information content (AvgIpc) is 2.80. The van der Waals surface area contributed by atoms with Gasteiger partial charge in [-0.1, -0.05) is 18.2 Å². The van der Waals surface area contributed by atoms with Crippen molar-refractivity contribution in [2.75, 3.05) is 19.7 Å². The van der Waals surface area contributed by atoms with Crippen LogP contribution in [-0.4, -0.2) is 71.0 Å². The maximum atomic E-state index is 13.5. The summed E-state index contributed by atoms with van der Waals surface area (Å²) in [7, 11) is 0. The van der Waals surface area contributed by atoms with Gasteiger partial charge < -0.3 is 25.2 Å². The summed E-state index contributed by atoms with van der Waals surface area (Å²) in [6.45, 7) is 1.65. The number of carbonyl (C=O) groups is 2. The third kappa shape index (κ3) is 9.12. The summed E-state index contributed by atoms with van der Waals surface area (Å²) < 4.78 is 47.0. The number of aliphatic hydroxyl groups is 2. The Morgan fingerprint density at radius 3 is 2.63 bits per heavy atom. The van der Waals surface area contributed by atoms with Crippen molar-refractivity contribution in [3.8, 4) is 5.75 Å². The number of ether oxygens (including phenoxy) is 1. The third-order valence-corrected chi connectivity index (χ3v) is 6.32. The number of hydrogen-bond donors (Lipinski definition) is 3. The Balaban J connectivity index is 2.38. The maximum absolute atomic E-state index is 13.5. The molecule has 3 atom stereocenters. The molecule has 11 heteroatoms. The second kappa shape index (κ2) is 13.8. The van der Waals surface area contributed by atoms with Crippen LogP contribution in [0.2, 0.25) is 0 Å². The second-order valence-corrected chi connectivity index (χ2v) is 9.28.